The van der Waals surface area contributed by atoms with Crippen molar-refractivity contribution in [1.29, 1.82) is 0 Å². The summed E-state index contributed by atoms with van der Waals surface area (Å²) in [5, 5.41) is 4.65. The quantitative estimate of drug-likeness (QED) is 0.520. The van der Waals surface area contributed by atoms with E-state index in [0.717, 1.165) is 21.7 Å². The average molecular weight is 394 g/mol. The lowest BCUT2D eigenvalue weighted by Gasteiger charge is -2.15. The summed E-state index contributed by atoms with van der Waals surface area (Å²) in [6.07, 6.45) is 2.46. The molecule has 0 unspecified atom stereocenters. The van der Waals surface area contributed by atoms with Crippen LogP contribution in [0.1, 0.15) is 0 Å². The summed E-state index contributed by atoms with van der Waals surface area (Å²) in [7, 11) is -4.27. The number of carbonyl (C=O) groups excluding carboxylic acids is 2. The number of nitrogens with one attached hydrogen (secondary N) is 1. The number of hydrogen-bond acceptors (Lipinski definition) is 5. The lowest BCUT2D eigenvalue weighted by Crippen LogP contribution is -2.29. The molecule has 3 aromatic rings. The van der Waals surface area contributed by atoms with Crippen molar-refractivity contribution in [3.05, 3.63) is 72.8 Å². The monoisotopic (exact) mass is 394 g/mol. The Morgan fingerprint density at radius 1 is 0.857 bits per heavy atom. The molecule has 2 amide bonds. The molecular weight excluding hydrogens is 380 g/mol. The van der Waals surface area contributed by atoms with Crippen LogP contribution in [0, 0.1) is 0 Å². The predicted molar refractivity (Wildman–Crippen MR) is 105 cm³/mol. The smallest absolute Gasteiger partial charge is 0.294 e. The zero-order chi connectivity index (χ0) is 19.9. The van der Waals surface area contributed by atoms with Gasteiger partial charge in [-0.2, -0.15) is 8.42 Å². The molecule has 8 heteroatoms. The zero-order valence-electron chi connectivity index (χ0n) is 14.4. The van der Waals surface area contributed by atoms with Crippen LogP contribution in [-0.4, -0.2) is 24.8 Å². The average Bonchev–Trinajstić information content (AvgIpc) is 3.00. The highest BCUT2D eigenvalue weighted by Crippen LogP contribution is 2.29. The molecule has 0 radical (unpaired) electrons. The molecule has 0 bridgehead atoms. The van der Waals surface area contributed by atoms with Gasteiger partial charge in [-0.3, -0.25) is 14.1 Å². The van der Waals surface area contributed by atoms with Gasteiger partial charge in [-0.05, 0) is 47.9 Å². The summed E-state index contributed by atoms with van der Waals surface area (Å²) in [5.41, 5.74) is 1.94. The van der Waals surface area contributed by atoms with Gasteiger partial charge in [0.15, 0.2) is 0 Å². The second kappa shape index (κ2) is 6.59. The van der Waals surface area contributed by atoms with Crippen molar-refractivity contribution in [2.75, 3.05) is 10.2 Å². The third-order valence-electron chi connectivity index (χ3n) is 4.36. The minimum absolute atomic E-state index is 0.171. The van der Waals surface area contributed by atoms with E-state index in [9.17, 15) is 22.6 Å². The molecule has 1 aliphatic rings. The summed E-state index contributed by atoms with van der Waals surface area (Å²) >= 11 is 0. The Labute approximate surface area is 160 Å². The van der Waals surface area contributed by atoms with Gasteiger partial charge >= 0.3 is 0 Å². The first-order valence-corrected chi connectivity index (χ1v) is 9.70. The van der Waals surface area contributed by atoms with Crippen LogP contribution in [0.3, 0.4) is 0 Å². The molecule has 0 spiro atoms. The van der Waals surface area contributed by atoms with Gasteiger partial charge < -0.3 is 5.32 Å². The Kier molecular flexibility index (Phi) is 4.21. The van der Waals surface area contributed by atoms with E-state index >= 15 is 0 Å². The van der Waals surface area contributed by atoms with E-state index in [2.05, 4.69) is 5.32 Å². The molecule has 0 fully saturated rings. The maximum absolute atomic E-state index is 11.7. The number of carbonyl (C=O) groups is 2. The van der Waals surface area contributed by atoms with Gasteiger partial charge in [0.05, 0.1) is 10.6 Å². The highest BCUT2D eigenvalue weighted by Gasteiger charge is 2.24. The minimum atomic E-state index is -4.27. The largest absolute Gasteiger partial charge is 0.355 e. The van der Waals surface area contributed by atoms with E-state index in [1.807, 2.05) is 6.07 Å². The number of anilines is 3. The fourth-order valence-electron chi connectivity index (χ4n) is 3.04. The molecule has 0 aliphatic carbocycles. The Bertz CT molecular complexity index is 1230. The van der Waals surface area contributed by atoms with Crippen molar-refractivity contribution in [2.24, 2.45) is 0 Å². The third-order valence-corrected chi connectivity index (χ3v) is 5.21. The second-order valence-electron chi connectivity index (χ2n) is 6.18. The second-order valence-corrected chi connectivity index (χ2v) is 7.60. The molecule has 7 nitrogen and oxygen atoms in total. The lowest BCUT2D eigenvalue weighted by atomic mass is 10.1. The molecule has 1 aliphatic heterocycles. The van der Waals surface area contributed by atoms with Gasteiger partial charge in [0, 0.05) is 28.9 Å². The zero-order valence-corrected chi connectivity index (χ0v) is 15.2. The first-order chi connectivity index (χ1) is 13.3. The van der Waals surface area contributed by atoms with E-state index in [0.29, 0.717) is 11.1 Å². The molecule has 140 valence electrons. The van der Waals surface area contributed by atoms with Crippen LogP contribution in [-0.2, 0) is 19.7 Å². The van der Waals surface area contributed by atoms with Gasteiger partial charge in [-0.15, -0.1) is 0 Å². The molecular formula is C20H14N2O5S. The van der Waals surface area contributed by atoms with Crippen molar-refractivity contribution < 1.29 is 22.6 Å². The maximum Gasteiger partial charge on any atom is 0.294 e. The molecule has 0 aromatic heterocycles. The Hall–Kier alpha value is -3.49. The molecule has 4 rings (SSSR count). The first kappa shape index (κ1) is 17.9. The lowest BCUT2D eigenvalue weighted by molar-refractivity contribution is -0.119. The molecule has 1 heterocycles. The normalized spacial score (nSPS) is 14.1. The van der Waals surface area contributed by atoms with Gasteiger partial charge in [0.25, 0.3) is 21.9 Å². The molecule has 3 aromatic carbocycles. The standard InChI is InChI=1S/C20H14N2O5S/c23-19-10-11-20(24)22(19)15-6-4-14(5-7-15)21-18-3-1-2-13-12-16(28(25,26)27)8-9-17(13)18/h1-12,21H,(H,25,26,27). The van der Waals surface area contributed by atoms with E-state index in [-0.39, 0.29) is 16.7 Å². The van der Waals surface area contributed by atoms with E-state index in [1.165, 1.54) is 24.3 Å². The van der Waals surface area contributed by atoms with Crippen LogP contribution in [0.2, 0.25) is 0 Å². The summed E-state index contributed by atoms with van der Waals surface area (Å²) in [6.45, 7) is 0. The number of nitrogens with zero attached hydrogens (tertiary/aromatic N) is 1. The molecule has 0 saturated carbocycles. The summed E-state index contributed by atoms with van der Waals surface area (Å²) in [4.78, 5) is 24.4. The van der Waals surface area contributed by atoms with Crippen LogP contribution in [0.5, 0.6) is 0 Å². The number of rotatable bonds is 4. The predicted octanol–water partition coefficient (Wildman–Crippen LogP) is 3.26. The van der Waals surface area contributed by atoms with Crippen LogP contribution in [0.15, 0.2) is 77.7 Å². The number of amides is 2. The van der Waals surface area contributed by atoms with Gasteiger partial charge in [0.1, 0.15) is 0 Å². The molecule has 0 atom stereocenters. The van der Waals surface area contributed by atoms with Gasteiger partial charge in [-0.25, -0.2) is 4.90 Å². The number of benzene rings is 3. The van der Waals surface area contributed by atoms with Crippen LogP contribution >= 0.6 is 0 Å². The van der Waals surface area contributed by atoms with E-state index < -0.39 is 10.1 Å². The Morgan fingerprint density at radius 3 is 2.18 bits per heavy atom. The highest BCUT2D eigenvalue weighted by atomic mass is 32.2. The fourth-order valence-corrected chi connectivity index (χ4v) is 3.55. The van der Waals surface area contributed by atoms with Crippen molar-refractivity contribution in [2.45, 2.75) is 4.90 Å². The van der Waals surface area contributed by atoms with Gasteiger partial charge in [-0.1, -0.05) is 18.2 Å². The van der Waals surface area contributed by atoms with Crippen LogP contribution < -0.4 is 10.2 Å². The van der Waals surface area contributed by atoms with Crippen LogP contribution in [0.25, 0.3) is 10.8 Å². The first-order valence-electron chi connectivity index (χ1n) is 8.26. The Morgan fingerprint density at radius 2 is 1.54 bits per heavy atom. The van der Waals surface area contributed by atoms with Crippen molar-refractivity contribution in [3.63, 3.8) is 0 Å². The van der Waals surface area contributed by atoms with E-state index in [4.69, 9.17) is 0 Å². The SMILES string of the molecule is O=C1C=CC(=O)N1c1ccc(Nc2cccc3cc(S(=O)(=O)O)ccc23)cc1. The van der Waals surface area contributed by atoms with Crippen LogP contribution in [0.4, 0.5) is 17.1 Å². The molecule has 2 N–H and O–H groups in total. The summed E-state index contributed by atoms with van der Waals surface area (Å²) in [5.74, 6) is -0.760. The van der Waals surface area contributed by atoms with Crippen molar-refractivity contribution >= 4 is 49.8 Å². The Balaban J connectivity index is 1.63. The third kappa shape index (κ3) is 3.26. The molecule has 0 saturated heterocycles. The number of imide groups is 1. The minimum Gasteiger partial charge on any atom is -0.355 e. The fraction of sp³-hybridized carbons (Fsp3) is 0. The van der Waals surface area contributed by atoms with Gasteiger partial charge in [0.2, 0.25) is 0 Å². The summed E-state index contributed by atoms with van der Waals surface area (Å²) in [6, 6.07) is 16.5. The van der Waals surface area contributed by atoms with E-state index in [1.54, 1.807) is 42.5 Å². The van der Waals surface area contributed by atoms with Crippen molar-refractivity contribution in [3.8, 4) is 0 Å². The topological polar surface area (TPSA) is 104 Å². The van der Waals surface area contributed by atoms with Crippen molar-refractivity contribution in [1.82, 2.24) is 0 Å². The highest BCUT2D eigenvalue weighted by molar-refractivity contribution is 7.85. The number of fused-ring (bicyclic) bond motifs is 1. The maximum atomic E-state index is 11.7. The molecule has 28 heavy (non-hydrogen) atoms. The number of hydrogen-bond donors (Lipinski definition) is 2. The summed E-state index contributed by atoms with van der Waals surface area (Å²) < 4.78 is 31.9.